The van der Waals surface area contributed by atoms with Gasteiger partial charge in [-0.25, -0.2) is 4.79 Å². The molecule has 5 nitrogen and oxygen atoms in total. The van der Waals surface area contributed by atoms with Crippen LogP contribution in [0.2, 0.25) is 0 Å². The first-order valence-electron chi connectivity index (χ1n) is 8.73. The molecule has 1 heterocycles. The highest BCUT2D eigenvalue weighted by molar-refractivity contribution is 7.99. The number of likely N-dealkylation sites (tertiary alicyclic amines) is 1. The number of rotatable bonds is 8. The smallest absolute Gasteiger partial charge is 0.314 e. The third-order valence-corrected chi connectivity index (χ3v) is 4.98. The molecule has 0 spiro atoms. The van der Waals surface area contributed by atoms with Crippen LogP contribution in [0.5, 0.6) is 0 Å². The Hall–Kier alpha value is -1.69. The molecule has 0 unspecified atom stereocenters. The van der Waals surface area contributed by atoms with Gasteiger partial charge in [0.05, 0.1) is 0 Å². The lowest BCUT2D eigenvalue weighted by molar-refractivity contribution is -0.130. The van der Waals surface area contributed by atoms with Crippen molar-refractivity contribution in [3.05, 3.63) is 30.3 Å². The molecule has 132 valence electrons. The van der Waals surface area contributed by atoms with Gasteiger partial charge in [-0.1, -0.05) is 24.6 Å². The Kier molecular flexibility index (Phi) is 8.52. The standard InChI is InChI=1S/C18H27N3O2S/c22-17-10-5-2-6-13-21(17)14-7-11-19-18(23)20-12-15-24-16-8-3-1-4-9-16/h1,3-4,8-9H,2,5-7,10-15H2,(H2,19,20,23). The van der Waals surface area contributed by atoms with Gasteiger partial charge in [-0.15, -0.1) is 11.8 Å². The van der Waals surface area contributed by atoms with E-state index in [-0.39, 0.29) is 11.9 Å². The Labute approximate surface area is 148 Å². The summed E-state index contributed by atoms with van der Waals surface area (Å²) in [5.41, 5.74) is 0. The van der Waals surface area contributed by atoms with Crippen molar-refractivity contribution in [2.24, 2.45) is 0 Å². The summed E-state index contributed by atoms with van der Waals surface area (Å²) in [6, 6.07) is 10.0. The SMILES string of the molecule is O=C(NCCCN1CCCCCC1=O)NCCSc1ccccc1. The van der Waals surface area contributed by atoms with Crippen molar-refractivity contribution in [3.8, 4) is 0 Å². The van der Waals surface area contributed by atoms with E-state index in [0.29, 0.717) is 19.5 Å². The van der Waals surface area contributed by atoms with E-state index >= 15 is 0 Å². The van der Waals surface area contributed by atoms with Gasteiger partial charge < -0.3 is 15.5 Å². The van der Waals surface area contributed by atoms with E-state index in [1.54, 1.807) is 11.8 Å². The first-order valence-corrected chi connectivity index (χ1v) is 9.71. The van der Waals surface area contributed by atoms with Crippen LogP contribution in [0.4, 0.5) is 4.79 Å². The van der Waals surface area contributed by atoms with Crippen LogP contribution in [0.25, 0.3) is 0 Å². The van der Waals surface area contributed by atoms with Crippen LogP contribution in [-0.2, 0) is 4.79 Å². The van der Waals surface area contributed by atoms with Crippen LogP contribution < -0.4 is 10.6 Å². The van der Waals surface area contributed by atoms with E-state index < -0.39 is 0 Å². The molecule has 1 saturated heterocycles. The van der Waals surface area contributed by atoms with Crippen LogP contribution in [-0.4, -0.2) is 48.8 Å². The highest BCUT2D eigenvalue weighted by atomic mass is 32.2. The predicted octanol–water partition coefficient (Wildman–Crippen LogP) is 2.87. The summed E-state index contributed by atoms with van der Waals surface area (Å²) < 4.78 is 0. The molecule has 1 aromatic rings. The average molecular weight is 350 g/mol. The monoisotopic (exact) mass is 349 g/mol. The number of hydrogen-bond acceptors (Lipinski definition) is 3. The summed E-state index contributed by atoms with van der Waals surface area (Å²) >= 11 is 1.73. The molecule has 2 N–H and O–H groups in total. The van der Waals surface area contributed by atoms with Crippen molar-refractivity contribution in [2.75, 3.05) is 31.9 Å². The van der Waals surface area contributed by atoms with Gasteiger partial charge >= 0.3 is 6.03 Å². The van der Waals surface area contributed by atoms with Gasteiger partial charge in [0.2, 0.25) is 5.91 Å². The molecule has 0 saturated carbocycles. The Bertz CT molecular complexity index is 510. The van der Waals surface area contributed by atoms with E-state index in [0.717, 1.165) is 44.5 Å². The van der Waals surface area contributed by atoms with Crippen molar-refractivity contribution in [3.63, 3.8) is 0 Å². The normalized spacial score (nSPS) is 15.0. The second kappa shape index (κ2) is 11.0. The van der Waals surface area contributed by atoms with Crippen molar-refractivity contribution in [1.29, 1.82) is 0 Å². The van der Waals surface area contributed by atoms with Crippen LogP contribution in [0, 0.1) is 0 Å². The highest BCUT2D eigenvalue weighted by Gasteiger charge is 2.15. The Balaban J connectivity index is 1.49. The fourth-order valence-electron chi connectivity index (χ4n) is 2.66. The molecule has 1 aliphatic rings. The lowest BCUT2D eigenvalue weighted by atomic mass is 10.2. The number of nitrogens with one attached hydrogen (secondary N) is 2. The van der Waals surface area contributed by atoms with E-state index in [4.69, 9.17) is 0 Å². The third kappa shape index (κ3) is 7.25. The maximum Gasteiger partial charge on any atom is 0.314 e. The molecule has 3 amide bonds. The summed E-state index contributed by atoms with van der Waals surface area (Å²) in [7, 11) is 0. The minimum absolute atomic E-state index is 0.133. The molecule has 0 aliphatic carbocycles. The maximum atomic E-state index is 11.9. The fourth-order valence-corrected chi connectivity index (χ4v) is 3.45. The van der Waals surface area contributed by atoms with Gasteiger partial charge in [-0.05, 0) is 31.4 Å². The quantitative estimate of drug-likeness (QED) is 0.560. The van der Waals surface area contributed by atoms with Crippen LogP contribution in [0.3, 0.4) is 0 Å². The summed E-state index contributed by atoms with van der Waals surface area (Å²) in [5, 5.41) is 5.71. The lowest BCUT2D eigenvalue weighted by Crippen LogP contribution is -2.39. The highest BCUT2D eigenvalue weighted by Crippen LogP contribution is 2.15. The molecule has 0 aromatic heterocycles. The van der Waals surface area contributed by atoms with Gasteiger partial charge in [0.1, 0.15) is 0 Å². The van der Waals surface area contributed by atoms with E-state index in [2.05, 4.69) is 22.8 Å². The number of benzene rings is 1. The zero-order valence-electron chi connectivity index (χ0n) is 14.1. The summed E-state index contributed by atoms with van der Waals surface area (Å²) in [4.78, 5) is 26.7. The number of nitrogens with zero attached hydrogens (tertiary/aromatic N) is 1. The van der Waals surface area contributed by atoms with E-state index in [9.17, 15) is 9.59 Å². The largest absolute Gasteiger partial charge is 0.343 e. The van der Waals surface area contributed by atoms with Crippen molar-refractivity contribution in [1.82, 2.24) is 15.5 Å². The number of carbonyl (C=O) groups is 2. The van der Waals surface area contributed by atoms with Crippen molar-refractivity contribution >= 4 is 23.7 Å². The van der Waals surface area contributed by atoms with Gasteiger partial charge in [-0.3, -0.25) is 4.79 Å². The van der Waals surface area contributed by atoms with Crippen LogP contribution in [0.15, 0.2) is 35.2 Å². The molecule has 1 aromatic carbocycles. The number of urea groups is 1. The topological polar surface area (TPSA) is 61.4 Å². The first kappa shape index (κ1) is 18.6. The molecule has 0 radical (unpaired) electrons. The van der Waals surface area contributed by atoms with Gasteiger partial charge in [0.15, 0.2) is 0 Å². The summed E-state index contributed by atoms with van der Waals surface area (Å²) in [6.07, 6.45) is 4.73. The molecule has 1 aliphatic heterocycles. The second-order valence-electron chi connectivity index (χ2n) is 5.89. The average Bonchev–Trinajstić information content (AvgIpc) is 2.81. The molecular weight excluding hydrogens is 322 g/mol. The zero-order chi connectivity index (χ0) is 17.0. The molecule has 6 heteroatoms. The van der Waals surface area contributed by atoms with E-state index in [1.165, 1.54) is 4.90 Å². The predicted molar refractivity (Wildman–Crippen MR) is 98.2 cm³/mol. The first-order chi connectivity index (χ1) is 11.8. The Morgan fingerprint density at radius 2 is 1.88 bits per heavy atom. The summed E-state index contributed by atoms with van der Waals surface area (Å²) in [5.74, 6) is 1.11. The lowest BCUT2D eigenvalue weighted by Gasteiger charge is -2.20. The van der Waals surface area contributed by atoms with Crippen molar-refractivity contribution < 1.29 is 9.59 Å². The van der Waals surface area contributed by atoms with Crippen LogP contribution >= 0.6 is 11.8 Å². The number of hydrogen-bond donors (Lipinski definition) is 2. The Morgan fingerprint density at radius 3 is 2.71 bits per heavy atom. The summed E-state index contributed by atoms with van der Waals surface area (Å²) in [6.45, 7) is 2.84. The molecule has 0 bridgehead atoms. The number of thioether (sulfide) groups is 1. The Morgan fingerprint density at radius 1 is 1.08 bits per heavy atom. The van der Waals surface area contributed by atoms with Gasteiger partial charge in [0, 0.05) is 43.2 Å². The maximum absolute atomic E-state index is 11.9. The molecular formula is C18H27N3O2S. The fraction of sp³-hybridized carbons (Fsp3) is 0.556. The van der Waals surface area contributed by atoms with Crippen molar-refractivity contribution in [2.45, 2.75) is 37.0 Å². The van der Waals surface area contributed by atoms with Crippen LogP contribution in [0.1, 0.15) is 32.1 Å². The number of amides is 3. The molecule has 0 atom stereocenters. The molecule has 1 fully saturated rings. The molecule has 24 heavy (non-hydrogen) atoms. The second-order valence-corrected chi connectivity index (χ2v) is 7.06. The third-order valence-electron chi connectivity index (χ3n) is 3.96. The number of carbonyl (C=O) groups excluding carboxylic acids is 2. The zero-order valence-corrected chi connectivity index (χ0v) is 14.9. The minimum Gasteiger partial charge on any atom is -0.343 e. The minimum atomic E-state index is -0.133. The van der Waals surface area contributed by atoms with Gasteiger partial charge in [-0.2, -0.15) is 0 Å². The van der Waals surface area contributed by atoms with Gasteiger partial charge in [0.25, 0.3) is 0 Å². The van der Waals surface area contributed by atoms with E-state index in [1.807, 2.05) is 23.1 Å². The molecule has 2 rings (SSSR count).